The number of aromatic hydroxyl groups is 1. The zero-order valence-corrected chi connectivity index (χ0v) is 14.3. The first-order valence-corrected chi connectivity index (χ1v) is 8.39. The summed E-state index contributed by atoms with van der Waals surface area (Å²) in [7, 11) is 0. The van der Waals surface area contributed by atoms with Crippen LogP contribution in [0.4, 0.5) is 5.82 Å². The van der Waals surface area contributed by atoms with Crippen LogP contribution in [0, 0.1) is 0 Å². The Kier molecular flexibility index (Phi) is 3.81. The summed E-state index contributed by atoms with van der Waals surface area (Å²) in [5, 5.41) is 41.6. The molecule has 0 spiro atoms. The maximum Gasteiger partial charge on any atom is 0.158 e. The highest BCUT2D eigenvalue weighted by Gasteiger charge is 2.38. The van der Waals surface area contributed by atoms with Gasteiger partial charge in [-0.15, -0.1) is 10.2 Å². The number of nitrogens with zero attached hydrogens (tertiary/aromatic N) is 4. The van der Waals surface area contributed by atoms with E-state index in [1.54, 1.807) is 30.6 Å². The SMILES string of the molecule is C=Cc1ccc(-c2nnc(NC3CC(C)(O)C3)c3cnncc23)c(O)c1. The second-order valence-electron chi connectivity index (χ2n) is 6.94. The molecule has 1 fully saturated rings. The lowest BCUT2D eigenvalue weighted by Gasteiger charge is -2.41. The second-order valence-corrected chi connectivity index (χ2v) is 6.94. The average molecular weight is 349 g/mol. The molecular formula is C19H19N5O2. The molecule has 0 saturated heterocycles. The molecule has 1 aliphatic rings. The number of rotatable bonds is 4. The van der Waals surface area contributed by atoms with Gasteiger partial charge in [-0.3, -0.25) is 0 Å². The highest BCUT2D eigenvalue weighted by Crippen LogP contribution is 2.37. The summed E-state index contributed by atoms with van der Waals surface area (Å²) in [6, 6.07) is 5.41. The minimum absolute atomic E-state index is 0.102. The molecule has 7 nitrogen and oxygen atoms in total. The van der Waals surface area contributed by atoms with E-state index in [4.69, 9.17) is 0 Å². The monoisotopic (exact) mass is 349 g/mol. The number of nitrogens with one attached hydrogen (secondary N) is 1. The van der Waals surface area contributed by atoms with Crippen molar-refractivity contribution in [1.29, 1.82) is 0 Å². The van der Waals surface area contributed by atoms with Gasteiger partial charge in [-0.2, -0.15) is 10.2 Å². The van der Waals surface area contributed by atoms with Crippen LogP contribution in [0.5, 0.6) is 5.75 Å². The minimum atomic E-state index is -0.626. The Balaban J connectivity index is 1.76. The number of hydrogen-bond donors (Lipinski definition) is 3. The topological polar surface area (TPSA) is 104 Å². The van der Waals surface area contributed by atoms with Gasteiger partial charge in [-0.05, 0) is 37.5 Å². The summed E-state index contributed by atoms with van der Waals surface area (Å²) in [6.07, 6.45) is 6.21. The number of phenolic OH excluding ortho intramolecular Hbond substituents is 1. The van der Waals surface area contributed by atoms with Crippen molar-refractivity contribution >= 4 is 22.7 Å². The lowest BCUT2D eigenvalue weighted by molar-refractivity contribution is -0.0235. The van der Waals surface area contributed by atoms with Crippen LogP contribution in [-0.4, -0.2) is 42.3 Å². The summed E-state index contributed by atoms with van der Waals surface area (Å²) in [5.41, 5.74) is 1.30. The van der Waals surface area contributed by atoms with Crippen molar-refractivity contribution in [2.75, 3.05) is 5.32 Å². The smallest absolute Gasteiger partial charge is 0.158 e. The van der Waals surface area contributed by atoms with E-state index >= 15 is 0 Å². The third kappa shape index (κ3) is 2.86. The normalized spacial score (nSPS) is 22.0. The second kappa shape index (κ2) is 6.03. The standard InChI is InChI=1S/C19H19N5O2/c1-3-11-4-5-13(16(25)6-11)17-14-9-20-21-10-15(14)18(24-23-17)22-12-7-19(2,26)8-12/h3-6,9-10,12,25-26H,1,7-8H2,2H3,(H,22,24). The third-order valence-electron chi connectivity index (χ3n) is 4.72. The predicted octanol–water partition coefficient (Wildman–Crippen LogP) is 2.76. The van der Waals surface area contributed by atoms with E-state index in [0.29, 0.717) is 29.9 Å². The van der Waals surface area contributed by atoms with E-state index in [0.717, 1.165) is 16.3 Å². The molecule has 0 atom stereocenters. The lowest BCUT2D eigenvalue weighted by atomic mass is 9.77. The van der Waals surface area contributed by atoms with E-state index in [1.807, 2.05) is 13.0 Å². The quantitative estimate of drug-likeness (QED) is 0.665. The van der Waals surface area contributed by atoms with Gasteiger partial charge in [0, 0.05) is 17.0 Å². The molecule has 1 aromatic carbocycles. The average Bonchev–Trinajstić information content (AvgIpc) is 2.61. The first-order chi connectivity index (χ1) is 12.5. The van der Waals surface area contributed by atoms with Crippen LogP contribution in [0.2, 0.25) is 0 Å². The van der Waals surface area contributed by atoms with Gasteiger partial charge in [0.15, 0.2) is 5.82 Å². The largest absolute Gasteiger partial charge is 0.507 e. The Morgan fingerprint density at radius 1 is 1.19 bits per heavy atom. The molecule has 26 heavy (non-hydrogen) atoms. The number of aliphatic hydroxyl groups is 1. The van der Waals surface area contributed by atoms with E-state index in [1.165, 1.54) is 0 Å². The van der Waals surface area contributed by atoms with E-state index in [2.05, 4.69) is 32.3 Å². The molecule has 132 valence electrons. The molecule has 3 aromatic rings. The van der Waals surface area contributed by atoms with Gasteiger partial charge in [-0.1, -0.05) is 18.7 Å². The fraction of sp³-hybridized carbons (Fsp3) is 0.263. The molecule has 4 rings (SSSR count). The van der Waals surface area contributed by atoms with Crippen LogP contribution in [-0.2, 0) is 0 Å². The maximum atomic E-state index is 10.4. The number of phenols is 1. The van der Waals surface area contributed by atoms with Crippen LogP contribution in [0.1, 0.15) is 25.3 Å². The van der Waals surface area contributed by atoms with E-state index in [9.17, 15) is 10.2 Å². The molecule has 2 aromatic heterocycles. The van der Waals surface area contributed by atoms with Crippen LogP contribution >= 0.6 is 0 Å². The van der Waals surface area contributed by atoms with Gasteiger partial charge in [0.25, 0.3) is 0 Å². The molecule has 0 aliphatic heterocycles. The maximum absolute atomic E-state index is 10.4. The van der Waals surface area contributed by atoms with Crippen molar-refractivity contribution in [2.45, 2.75) is 31.4 Å². The number of fused-ring (bicyclic) bond motifs is 1. The van der Waals surface area contributed by atoms with Crippen LogP contribution in [0.3, 0.4) is 0 Å². The Morgan fingerprint density at radius 3 is 2.58 bits per heavy atom. The van der Waals surface area contributed by atoms with Crippen molar-refractivity contribution in [3.8, 4) is 17.0 Å². The fourth-order valence-electron chi connectivity index (χ4n) is 3.39. The van der Waals surface area contributed by atoms with Gasteiger partial charge >= 0.3 is 0 Å². The Bertz CT molecular complexity index is 994. The van der Waals surface area contributed by atoms with Gasteiger partial charge < -0.3 is 15.5 Å². The van der Waals surface area contributed by atoms with Crippen molar-refractivity contribution in [3.05, 3.63) is 42.7 Å². The van der Waals surface area contributed by atoms with Crippen LogP contribution in [0.15, 0.2) is 37.2 Å². The highest BCUT2D eigenvalue weighted by molar-refractivity contribution is 6.00. The highest BCUT2D eigenvalue weighted by atomic mass is 16.3. The van der Waals surface area contributed by atoms with Gasteiger partial charge in [0.1, 0.15) is 11.4 Å². The van der Waals surface area contributed by atoms with Crippen molar-refractivity contribution in [1.82, 2.24) is 20.4 Å². The van der Waals surface area contributed by atoms with Crippen molar-refractivity contribution in [2.24, 2.45) is 0 Å². The van der Waals surface area contributed by atoms with Gasteiger partial charge in [-0.25, -0.2) is 0 Å². The molecular weight excluding hydrogens is 330 g/mol. The summed E-state index contributed by atoms with van der Waals surface area (Å²) >= 11 is 0. The first kappa shape index (κ1) is 16.4. The Labute approximate surface area is 150 Å². The molecule has 1 aliphatic carbocycles. The van der Waals surface area contributed by atoms with Crippen molar-refractivity contribution in [3.63, 3.8) is 0 Å². The summed E-state index contributed by atoms with van der Waals surface area (Å²) in [5.74, 6) is 0.701. The molecule has 3 N–H and O–H groups in total. The fourth-order valence-corrected chi connectivity index (χ4v) is 3.39. The predicted molar refractivity (Wildman–Crippen MR) is 99.6 cm³/mol. The molecule has 0 bridgehead atoms. The van der Waals surface area contributed by atoms with Crippen LogP contribution in [0.25, 0.3) is 28.1 Å². The number of benzene rings is 1. The van der Waals surface area contributed by atoms with Crippen molar-refractivity contribution < 1.29 is 10.2 Å². The summed E-state index contributed by atoms with van der Waals surface area (Å²) in [4.78, 5) is 0. The first-order valence-electron chi connectivity index (χ1n) is 8.39. The van der Waals surface area contributed by atoms with E-state index in [-0.39, 0.29) is 11.8 Å². The molecule has 7 heteroatoms. The van der Waals surface area contributed by atoms with Gasteiger partial charge in [0.05, 0.1) is 23.4 Å². The third-order valence-corrected chi connectivity index (χ3v) is 4.72. The molecule has 2 heterocycles. The summed E-state index contributed by atoms with van der Waals surface area (Å²) in [6.45, 7) is 5.52. The summed E-state index contributed by atoms with van der Waals surface area (Å²) < 4.78 is 0. The molecule has 0 unspecified atom stereocenters. The Hall–Kier alpha value is -3.06. The molecule has 0 amide bonds. The minimum Gasteiger partial charge on any atom is -0.507 e. The molecule has 0 radical (unpaired) electrons. The van der Waals surface area contributed by atoms with Gasteiger partial charge in [0.2, 0.25) is 0 Å². The molecule has 1 saturated carbocycles. The Morgan fingerprint density at radius 2 is 1.92 bits per heavy atom. The zero-order valence-electron chi connectivity index (χ0n) is 14.3. The zero-order chi connectivity index (χ0) is 18.3. The number of anilines is 1. The van der Waals surface area contributed by atoms with E-state index < -0.39 is 5.60 Å². The number of hydrogen-bond acceptors (Lipinski definition) is 7. The lowest BCUT2D eigenvalue weighted by Crippen LogP contribution is -2.48. The number of aromatic nitrogens is 4. The van der Waals surface area contributed by atoms with Crippen LogP contribution < -0.4 is 5.32 Å².